The molecule has 0 spiro atoms. The molecule has 0 aliphatic carbocycles. The number of anilines is 1. The molecule has 1 fully saturated rings. The predicted molar refractivity (Wildman–Crippen MR) is 125 cm³/mol. The number of hydrogen-bond donors (Lipinski definition) is 5. The molecular formula is C21H29N4O10P. The Labute approximate surface area is 206 Å². The van der Waals surface area contributed by atoms with Gasteiger partial charge in [-0.05, 0) is 39.0 Å². The lowest BCUT2D eigenvalue weighted by molar-refractivity contribution is -0.141. The molecule has 1 saturated heterocycles. The number of aliphatic carboxylic acids is 1. The summed E-state index contributed by atoms with van der Waals surface area (Å²) >= 11 is 0. The van der Waals surface area contributed by atoms with Crippen LogP contribution in [0.3, 0.4) is 0 Å². The first-order valence-corrected chi connectivity index (χ1v) is 12.5. The number of ether oxygens (including phenoxy) is 1. The van der Waals surface area contributed by atoms with Crippen LogP contribution in [-0.4, -0.2) is 77.7 Å². The van der Waals surface area contributed by atoms with Gasteiger partial charge in [-0.25, -0.2) is 9.36 Å². The third-order valence-electron chi connectivity index (χ3n) is 5.49. The van der Waals surface area contributed by atoms with E-state index in [1.807, 2.05) is 0 Å². The van der Waals surface area contributed by atoms with Crippen molar-refractivity contribution in [1.82, 2.24) is 14.2 Å². The highest BCUT2D eigenvalue weighted by Crippen LogP contribution is 2.54. The number of rotatable bonds is 11. The number of aliphatic hydroxyl groups is 2. The molecule has 6 unspecified atom stereocenters. The number of para-hydroxylation sites is 1. The normalized spacial score (nSPS) is 24.4. The van der Waals surface area contributed by atoms with Crippen LogP contribution in [0.25, 0.3) is 0 Å². The van der Waals surface area contributed by atoms with E-state index in [1.54, 1.807) is 37.5 Å². The van der Waals surface area contributed by atoms with Crippen molar-refractivity contribution < 1.29 is 43.7 Å². The van der Waals surface area contributed by atoms with Crippen molar-refractivity contribution in [2.45, 2.75) is 57.4 Å². The summed E-state index contributed by atoms with van der Waals surface area (Å²) in [4.78, 5) is 27.5. The molecule has 198 valence electrons. The van der Waals surface area contributed by atoms with E-state index in [-0.39, 0.29) is 11.6 Å². The van der Waals surface area contributed by atoms with Gasteiger partial charge in [0.2, 0.25) is 0 Å². The van der Waals surface area contributed by atoms with E-state index in [1.165, 1.54) is 31.3 Å². The summed E-state index contributed by atoms with van der Waals surface area (Å²) in [6, 6.07) is 7.39. The fourth-order valence-corrected chi connectivity index (χ4v) is 5.84. The maximum atomic E-state index is 14.0. The van der Waals surface area contributed by atoms with Crippen LogP contribution in [-0.2, 0) is 18.6 Å². The van der Waals surface area contributed by atoms with Gasteiger partial charge in [0.1, 0.15) is 30.1 Å². The van der Waals surface area contributed by atoms with Gasteiger partial charge in [0.05, 0.1) is 6.61 Å². The second kappa shape index (κ2) is 11.5. The van der Waals surface area contributed by atoms with Crippen LogP contribution in [0, 0.1) is 0 Å². The van der Waals surface area contributed by atoms with Crippen LogP contribution < -0.4 is 15.7 Å². The van der Waals surface area contributed by atoms with Gasteiger partial charge in [0.25, 0.3) is 0 Å². The number of aromatic nitrogens is 2. The van der Waals surface area contributed by atoms with Crippen molar-refractivity contribution in [3.05, 3.63) is 53.1 Å². The molecule has 2 heterocycles. The van der Waals surface area contributed by atoms with Gasteiger partial charge in [-0.2, -0.15) is 9.65 Å². The first-order valence-electron chi connectivity index (χ1n) is 11.0. The number of nitrogens with zero attached hydrogens (tertiary/aromatic N) is 3. The summed E-state index contributed by atoms with van der Waals surface area (Å²) < 4.78 is 32.9. The molecule has 1 aliphatic heterocycles. The van der Waals surface area contributed by atoms with Crippen molar-refractivity contribution >= 4 is 19.5 Å². The second-order valence-electron chi connectivity index (χ2n) is 8.32. The van der Waals surface area contributed by atoms with Crippen molar-refractivity contribution in [1.29, 1.82) is 0 Å². The smallest absolute Gasteiger partial charge is 0.462 e. The first-order chi connectivity index (χ1) is 17.0. The standard InChI is InChI=1S/C21H29N4O10P/c1-12(2)25(13(3)20(28)29)36(32,35-14-7-5-4-6-8-14)33-11-15-17(26)18(27)19(34-15)24-10-9-16(23-31)22-21(24)30/h4-10,12-13,15,17-19,26-27,31H,11H2,1-3H3,(H,28,29)(H,22,23,30). The van der Waals surface area contributed by atoms with Crippen LogP contribution in [0.1, 0.15) is 27.0 Å². The van der Waals surface area contributed by atoms with Gasteiger partial charge in [-0.1, -0.05) is 18.2 Å². The molecular weight excluding hydrogens is 499 g/mol. The monoisotopic (exact) mass is 528 g/mol. The van der Waals surface area contributed by atoms with E-state index < -0.39 is 62.6 Å². The topological polar surface area (TPSA) is 193 Å². The van der Waals surface area contributed by atoms with Gasteiger partial charge in [-0.3, -0.25) is 24.6 Å². The number of aliphatic hydroxyl groups excluding tert-OH is 2. The number of carboxylic acids is 1. The third kappa shape index (κ3) is 5.93. The zero-order valence-electron chi connectivity index (χ0n) is 19.7. The number of nitrogens with one attached hydrogen (secondary N) is 1. The highest BCUT2D eigenvalue weighted by atomic mass is 31.2. The van der Waals surface area contributed by atoms with Crippen molar-refractivity contribution in [3.63, 3.8) is 0 Å². The Morgan fingerprint density at radius 2 is 1.89 bits per heavy atom. The number of carboxylic acid groups (broad SMARTS) is 1. The highest BCUT2D eigenvalue weighted by molar-refractivity contribution is 7.51. The Bertz CT molecular complexity index is 1150. The molecule has 2 aromatic rings. The Hall–Kier alpha value is -2.84. The van der Waals surface area contributed by atoms with E-state index in [0.29, 0.717) is 0 Å². The minimum Gasteiger partial charge on any atom is -0.480 e. The molecule has 0 amide bonds. The average molecular weight is 528 g/mol. The van der Waals surface area contributed by atoms with Gasteiger partial charge >= 0.3 is 19.4 Å². The maximum Gasteiger partial charge on any atom is 0.462 e. The first kappa shape index (κ1) is 27.7. The van der Waals surface area contributed by atoms with Crippen LogP contribution in [0.4, 0.5) is 5.82 Å². The zero-order chi connectivity index (χ0) is 26.6. The number of carbonyl (C=O) groups is 1. The van der Waals surface area contributed by atoms with Gasteiger partial charge in [-0.15, -0.1) is 0 Å². The molecule has 1 aromatic heterocycles. The molecule has 1 aliphatic rings. The van der Waals surface area contributed by atoms with Crippen LogP contribution in [0.5, 0.6) is 5.75 Å². The Morgan fingerprint density at radius 3 is 2.44 bits per heavy atom. The number of benzene rings is 1. The largest absolute Gasteiger partial charge is 0.480 e. The Morgan fingerprint density at radius 1 is 1.22 bits per heavy atom. The molecule has 0 saturated carbocycles. The molecule has 36 heavy (non-hydrogen) atoms. The van der Waals surface area contributed by atoms with Crippen LogP contribution >= 0.6 is 7.75 Å². The summed E-state index contributed by atoms with van der Waals surface area (Å²) in [5.41, 5.74) is 0.836. The molecule has 15 heteroatoms. The highest BCUT2D eigenvalue weighted by Gasteiger charge is 2.48. The summed E-state index contributed by atoms with van der Waals surface area (Å²) in [6.07, 6.45) is -4.59. The van der Waals surface area contributed by atoms with E-state index in [9.17, 15) is 29.5 Å². The van der Waals surface area contributed by atoms with Gasteiger partial charge in [0.15, 0.2) is 12.0 Å². The van der Waals surface area contributed by atoms with E-state index in [4.69, 9.17) is 19.0 Å². The fourth-order valence-electron chi connectivity index (χ4n) is 3.74. The molecule has 0 radical (unpaired) electrons. The summed E-state index contributed by atoms with van der Waals surface area (Å²) in [5.74, 6) is -1.24. The molecule has 5 N–H and O–H groups in total. The third-order valence-corrected chi connectivity index (χ3v) is 7.78. The lowest BCUT2D eigenvalue weighted by Crippen LogP contribution is -2.43. The quantitative estimate of drug-likeness (QED) is 0.205. The van der Waals surface area contributed by atoms with E-state index >= 15 is 0 Å². The molecule has 14 nitrogen and oxygen atoms in total. The van der Waals surface area contributed by atoms with E-state index in [0.717, 1.165) is 9.24 Å². The average Bonchev–Trinajstić information content (AvgIpc) is 3.11. The molecule has 1 aromatic carbocycles. The summed E-state index contributed by atoms with van der Waals surface area (Å²) in [6.45, 7) is 3.99. The molecule has 3 rings (SSSR count). The maximum absolute atomic E-state index is 14.0. The van der Waals surface area contributed by atoms with Crippen molar-refractivity contribution in [3.8, 4) is 5.75 Å². The zero-order valence-corrected chi connectivity index (χ0v) is 20.6. The van der Waals surface area contributed by atoms with E-state index in [2.05, 4.69) is 4.98 Å². The Kier molecular flexibility index (Phi) is 8.84. The minimum atomic E-state index is -4.37. The predicted octanol–water partition coefficient (Wildman–Crippen LogP) is 1.05. The lowest BCUT2D eigenvalue weighted by Gasteiger charge is -2.35. The molecule has 0 bridgehead atoms. The number of hydrogen-bond acceptors (Lipinski definition) is 11. The van der Waals surface area contributed by atoms with Crippen LogP contribution in [0.2, 0.25) is 0 Å². The fraction of sp³-hybridized carbons (Fsp3) is 0.476. The van der Waals surface area contributed by atoms with Crippen molar-refractivity contribution in [2.75, 3.05) is 12.1 Å². The second-order valence-corrected chi connectivity index (χ2v) is 10.2. The molecule has 6 atom stereocenters. The van der Waals surface area contributed by atoms with Crippen LogP contribution in [0.15, 0.2) is 47.4 Å². The van der Waals surface area contributed by atoms with Gasteiger partial charge < -0.3 is 24.6 Å². The SMILES string of the molecule is CC(C)N(C(C)C(=O)O)P(=O)(OCC1OC(n2ccc(NO)nc2=O)C(O)C1O)Oc1ccccc1. The summed E-state index contributed by atoms with van der Waals surface area (Å²) in [5, 5.41) is 39.5. The Balaban J connectivity index is 1.86. The minimum absolute atomic E-state index is 0.135. The summed E-state index contributed by atoms with van der Waals surface area (Å²) in [7, 11) is -4.37. The lowest BCUT2D eigenvalue weighted by atomic mass is 10.1. The van der Waals surface area contributed by atoms with Gasteiger partial charge in [0, 0.05) is 12.2 Å². The van der Waals surface area contributed by atoms with Crippen molar-refractivity contribution in [2.24, 2.45) is 0 Å².